The van der Waals surface area contributed by atoms with Gasteiger partial charge in [0.25, 0.3) is 0 Å². The third-order valence-corrected chi connectivity index (χ3v) is 5.61. The Morgan fingerprint density at radius 1 is 1.12 bits per heavy atom. The number of aryl methyl sites for hydroxylation is 2. The number of aromatic nitrogens is 3. The number of carboxylic acid groups (broad SMARTS) is 1. The summed E-state index contributed by atoms with van der Waals surface area (Å²) in [6.07, 6.45) is 3.61. The summed E-state index contributed by atoms with van der Waals surface area (Å²) in [6.45, 7) is 5.41. The first-order chi connectivity index (χ1) is 15.4. The van der Waals surface area contributed by atoms with Crippen LogP contribution in [0, 0.1) is 0 Å². The molecular formula is C24H28ClN3O4. The Labute approximate surface area is 192 Å². The summed E-state index contributed by atoms with van der Waals surface area (Å²) in [5, 5.41) is 13.9. The number of hydrogen-bond donors (Lipinski definition) is 1. The molecule has 2 aromatic carbocycles. The van der Waals surface area contributed by atoms with Crippen molar-refractivity contribution in [2.45, 2.75) is 59.2 Å². The highest BCUT2D eigenvalue weighted by Crippen LogP contribution is 2.23. The van der Waals surface area contributed by atoms with Crippen molar-refractivity contribution >= 4 is 17.6 Å². The largest absolute Gasteiger partial charge is 0.489 e. The molecule has 170 valence electrons. The number of carboxylic acids is 1. The van der Waals surface area contributed by atoms with Crippen LogP contribution in [0.15, 0.2) is 47.3 Å². The van der Waals surface area contributed by atoms with Crippen molar-refractivity contribution in [3.05, 3.63) is 80.5 Å². The van der Waals surface area contributed by atoms with E-state index in [1.54, 1.807) is 21.4 Å². The number of benzene rings is 2. The maximum Gasteiger partial charge on any atom is 0.346 e. The second-order valence-electron chi connectivity index (χ2n) is 7.63. The minimum absolute atomic E-state index is 0.0518. The van der Waals surface area contributed by atoms with Crippen LogP contribution < -0.4 is 10.4 Å². The quantitative estimate of drug-likeness (QED) is 0.448. The average Bonchev–Trinajstić information content (AvgIpc) is 3.07. The number of nitrogens with zero attached hydrogens (tertiary/aromatic N) is 3. The van der Waals surface area contributed by atoms with E-state index in [2.05, 4.69) is 18.9 Å². The molecule has 3 aromatic rings. The van der Waals surface area contributed by atoms with Crippen LogP contribution in [0.5, 0.6) is 5.75 Å². The van der Waals surface area contributed by atoms with Gasteiger partial charge in [-0.2, -0.15) is 5.10 Å². The topological polar surface area (TPSA) is 86.3 Å². The molecule has 0 saturated carbocycles. The lowest BCUT2D eigenvalue weighted by molar-refractivity contribution is 0.0697. The lowest BCUT2D eigenvalue weighted by Gasteiger charge is -2.10. The van der Waals surface area contributed by atoms with E-state index in [0.717, 1.165) is 37.1 Å². The summed E-state index contributed by atoms with van der Waals surface area (Å²) >= 11 is 6.17. The first-order valence-electron chi connectivity index (χ1n) is 10.8. The van der Waals surface area contributed by atoms with Crippen LogP contribution in [0.1, 0.15) is 60.4 Å². The van der Waals surface area contributed by atoms with Crippen LogP contribution in [0.25, 0.3) is 0 Å². The van der Waals surface area contributed by atoms with Crippen LogP contribution >= 0.6 is 11.6 Å². The summed E-state index contributed by atoms with van der Waals surface area (Å²) in [4.78, 5) is 24.0. The third-order valence-electron chi connectivity index (χ3n) is 5.16. The maximum atomic E-state index is 12.8. The Morgan fingerprint density at radius 2 is 1.88 bits per heavy atom. The van der Waals surface area contributed by atoms with Gasteiger partial charge >= 0.3 is 11.7 Å². The highest BCUT2D eigenvalue weighted by molar-refractivity contribution is 6.34. The van der Waals surface area contributed by atoms with E-state index >= 15 is 0 Å². The summed E-state index contributed by atoms with van der Waals surface area (Å²) in [5.74, 6) is 0.365. The molecule has 0 spiro atoms. The van der Waals surface area contributed by atoms with E-state index in [9.17, 15) is 14.7 Å². The minimum atomic E-state index is -1.07. The lowest BCUT2D eigenvalue weighted by Crippen LogP contribution is -2.26. The average molecular weight is 458 g/mol. The van der Waals surface area contributed by atoms with Crippen molar-refractivity contribution in [3.63, 3.8) is 0 Å². The van der Waals surface area contributed by atoms with Gasteiger partial charge in [-0.15, -0.1) is 0 Å². The molecule has 3 rings (SSSR count). The highest BCUT2D eigenvalue weighted by Gasteiger charge is 2.14. The highest BCUT2D eigenvalue weighted by atomic mass is 35.5. The molecule has 8 heteroatoms. The molecule has 0 saturated heterocycles. The molecule has 0 unspecified atom stereocenters. The first-order valence-corrected chi connectivity index (χ1v) is 11.2. The molecule has 0 radical (unpaired) electrons. The Bertz CT molecular complexity index is 1120. The van der Waals surface area contributed by atoms with Gasteiger partial charge in [-0.1, -0.05) is 56.1 Å². The number of aromatic carboxylic acids is 1. The second-order valence-corrected chi connectivity index (χ2v) is 8.01. The van der Waals surface area contributed by atoms with E-state index in [1.165, 1.54) is 6.07 Å². The Hall–Kier alpha value is -3.06. The van der Waals surface area contributed by atoms with Gasteiger partial charge in [0.1, 0.15) is 18.2 Å². The van der Waals surface area contributed by atoms with Crippen LogP contribution in [0.3, 0.4) is 0 Å². The van der Waals surface area contributed by atoms with Crippen molar-refractivity contribution in [2.75, 3.05) is 0 Å². The lowest BCUT2D eigenvalue weighted by atomic mass is 10.1. The fourth-order valence-electron chi connectivity index (χ4n) is 3.40. The number of hydrogen-bond acceptors (Lipinski definition) is 4. The van der Waals surface area contributed by atoms with E-state index in [-0.39, 0.29) is 22.9 Å². The minimum Gasteiger partial charge on any atom is -0.489 e. The molecule has 1 heterocycles. The molecule has 1 aromatic heterocycles. The molecule has 0 atom stereocenters. The van der Waals surface area contributed by atoms with Crippen LogP contribution in [-0.2, 0) is 26.1 Å². The zero-order valence-corrected chi connectivity index (χ0v) is 19.1. The van der Waals surface area contributed by atoms with Gasteiger partial charge in [-0.05, 0) is 36.6 Å². The molecule has 1 N–H and O–H groups in total. The predicted molar refractivity (Wildman–Crippen MR) is 124 cm³/mol. The molecule has 0 aliphatic carbocycles. The van der Waals surface area contributed by atoms with E-state index < -0.39 is 5.97 Å². The SMILES string of the molecule is CCCCn1nc(CCC)n(Cc2ccc(OCc3cccc(C(=O)O)c3Cl)cc2)c1=O. The number of halogens is 1. The molecular weight excluding hydrogens is 430 g/mol. The van der Waals surface area contributed by atoms with E-state index in [4.69, 9.17) is 16.3 Å². The fraction of sp³-hybridized carbons (Fsp3) is 0.375. The fourth-order valence-corrected chi connectivity index (χ4v) is 3.66. The van der Waals surface area contributed by atoms with Crippen LogP contribution in [-0.4, -0.2) is 25.4 Å². The standard InChI is InChI=1S/C24H28ClN3O4/c1-3-5-14-28-24(31)27(21(26-28)7-4-2)15-17-10-12-19(13-11-17)32-16-18-8-6-9-20(22(18)25)23(29)30/h6,8-13H,3-5,7,14-16H2,1-2H3,(H,29,30). The van der Waals surface area contributed by atoms with Crippen molar-refractivity contribution in [3.8, 4) is 5.75 Å². The summed E-state index contributed by atoms with van der Waals surface area (Å²) in [5.41, 5.74) is 1.55. The van der Waals surface area contributed by atoms with E-state index in [0.29, 0.717) is 24.4 Å². The monoisotopic (exact) mass is 457 g/mol. The van der Waals surface area contributed by atoms with Crippen molar-refractivity contribution in [1.82, 2.24) is 14.3 Å². The van der Waals surface area contributed by atoms with Crippen LogP contribution in [0.2, 0.25) is 5.02 Å². The predicted octanol–water partition coefficient (Wildman–Crippen LogP) is 4.78. The summed E-state index contributed by atoms with van der Waals surface area (Å²) in [7, 11) is 0. The Kier molecular flexibility index (Phi) is 8.11. The van der Waals surface area contributed by atoms with E-state index in [1.807, 2.05) is 24.3 Å². The summed E-state index contributed by atoms with van der Waals surface area (Å²) in [6, 6.07) is 12.3. The molecule has 7 nitrogen and oxygen atoms in total. The van der Waals surface area contributed by atoms with Gasteiger partial charge < -0.3 is 9.84 Å². The molecule has 0 aliphatic rings. The number of rotatable bonds is 11. The van der Waals surface area contributed by atoms with Crippen molar-refractivity contribution in [2.24, 2.45) is 0 Å². The molecule has 0 aliphatic heterocycles. The molecule has 32 heavy (non-hydrogen) atoms. The zero-order chi connectivity index (χ0) is 23.1. The second kappa shape index (κ2) is 11.0. The Balaban J connectivity index is 1.70. The number of unbranched alkanes of at least 4 members (excludes halogenated alkanes) is 1. The van der Waals surface area contributed by atoms with Gasteiger partial charge in [0, 0.05) is 18.5 Å². The van der Waals surface area contributed by atoms with Crippen LogP contribution in [0.4, 0.5) is 0 Å². The third kappa shape index (κ3) is 5.59. The number of carbonyl (C=O) groups is 1. The number of ether oxygens (including phenoxy) is 1. The normalized spacial score (nSPS) is 11.0. The van der Waals surface area contributed by atoms with Gasteiger partial charge in [-0.25, -0.2) is 14.3 Å². The Morgan fingerprint density at radius 3 is 2.53 bits per heavy atom. The van der Waals surface area contributed by atoms with Crippen molar-refractivity contribution < 1.29 is 14.6 Å². The molecule has 0 fully saturated rings. The zero-order valence-electron chi connectivity index (χ0n) is 18.4. The van der Waals surface area contributed by atoms with Gasteiger partial charge in [0.05, 0.1) is 17.1 Å². The smallest absolute Gasteiger partial charge is 0.346 e. The molecule has 0 bridgehead atoms. The van der Waals surface area contributed by atoms with Gasteiger partial charge in [0.15, 0.2) is 0 Å². The van der Waals surface area contributed by atoms with Gasteiger partial charge in [-0.3, -0.25) is 4.57 Å². The first kappa shape index (κ1) is 23.6. The molecule has 0 amide bonds. The maximum absolute atomic E-state index is 12.8. The van der Waals surface area contributed by atoms with Crippen molar-refractivity contribution in [1.29, 1.82) is 0 Å². The van der Waals surface area contributed by atoms with Gasteiger partial charge in [0.2, 0.25) is 0 Å². The summed E-state index contributed by atoms with van der Waals surface area (Å²) < 4.78 is 9.10.